The summed E-state index contributed by atoms with van der Waals surface area (Å²) in [5.41, 5.74) is 5.46. The average molecular weight is 527 g/mol. The molecule has 0 atom stereocenters. The molecule has 0 N–H and O–H groups in total. The molecule has 3 rings (SSSR count). The third-order valence-electron chi connectivity index (χ3n) is 7.87. The first kappa shape index (κ1) is 29.7. The number of benzene rings is 2. The number of alkyl halides is 3. The standard InChI is InChI=1S/C33H41F3O2/c1-8-9-10-11-23-13-15-29(28(16-23)21-33(34,35)36)27-18-25-14-12-24(17-26(25)19-27)20-31(4,5)32(6,7)38-30(37)22(2)3/h12-18H,2,8-11,19-21H2,1,3-7H3. The topological polar surface area (TPSA) is 26.3 Å². The van der Waals surface area contributed by atoms with Crippen molar-refractivity contribution in [2.45, 2.75) is 98.3 Å². The van der Waals surface area contributed by atoms with Gasteiger partial charge in [0.1, 0.15) is 5.60 Å². The number of ether oxygens (including phenoxy) is 1. The highest BCUT2D eigenvalue weighted by molar-refractivity contribution is 5.90. The van der Waals surface area contributed by atoms with Crippen LogP contribution in [0.5, 0.6) is 0 Å². The Labute approximate surface area is 226 Å². The van der Waals surface area contributed by atoms with E-state index in [1.54, 1.807) is 13.0 Å². The van der Waals surface area contributed by atoms with Gasteiger partial charge in [0, 0.05) is 11.0 Å². The first-order chi connectivity index (χ1) is 17.6. The molecule has 5 heteroatoms. The highest BCUT2D eigenvalue weighted by Crippen LogP contribution is 2.40. The molecular weight excluding hydrogens is 485 g/mol. The van der Waals surface area contributed by atoms with Gasteiger partial charge in [-0.1, -0.05) is 82.7 Å². The Kier molecular flexibility index (Phi) is 9.00. The third kappa shape index (κ3) is 7.39. The van der Waals surface area contributed by atoms with Crippen LogP contribution in [0.2, 0.25) is 0 Å². The molecule has 1 aliphatic carbocycles. The number of fused-ring (bicyclic) bond motifs is 1. The van der Waals surface area contributed by atoms with Gasteiger partial charge in [0.15, 0.2) is 0 Å². The van der Waals surface area contributed by atoms with Crippen molar-refractivity contribution in [3.63, 3.8) is 0 Å². The fraction of sp³-hybridized carbons (Fsp3) is 0.485. The first-order valence-corrected chi connectivity index (χ1v) is 13.5. The monoisotopic (exact) mass is 526 g/mol. The number of hydrogen-bond donors (Lipinski definition) is 0. The maximum absolute atomic E-state index is 13.5. The number of unbranched alkanes of at least 4 members (excludes halogenated alkanes) is 2. The number of carbonyl (C=O) groups is 1. The zero-order chi connectivity index (χ0) is 28.3. The maximum Gasteiger partial charge on any atom is 0.393 e. The number of esters is 1. The van der Waals surface area contributed by atoms with Crippen molar-refractivity contribution in [2.24, 2.45) is 5.41 Å². The lowest BCUT2D eigenvalue weighted by molar-refractivity contribution is -0.163. The van der Waals surface area contributed by atoms with Crippen LogP contribution in [0.4, 0.5) is 13.2 Å². The molecule has 0 heterocycles. The molecule has 0 unspecified atom stereocenters. The van der Waals surface area contributed by atoms with Crippen molar-refractivity contribution < 1.29 is 22.7 Å². The van der Waals surface area contributed by atoms with Gasteiger partial charge < -0.3 is 4.74 Å². The van der Waals surface area contributed by atoms with E-state index in [1.807, 2.05) is 38.1 Å². The Hall–Kier alpha value is -2.82. The van der Waals surface area contributed by atoms with E-state index in [1.165, 1.54) is 0 Å². The molecule has 206 valence electrons. The van der Waals surface area contributed by atoms with Crippen molar-refractivity contribution in [3.05, 3.63) is 81.9 Å². The molecule has 0 saturated heterocycles. The van der Waals surface area contributed by atoms with Crippen molar-refractivity contribution in [2.75, 3.05) is 0 Å². The normalized spacial score (nSPS) is 13.8. The van der Waals surface area contributed by atoms with Crippen LogP contribution in [-0.2, 0) is 35.2 Å². The van der Waals surface area contributed by atoms with Gasteiger partial charge in [-0.05, 0) is 85.4 Å². The van der Waals surface area contributed by atoms with Crippen LogP contribution in [0.3, 0.4) is 0 Å². The van der Waals surface area contributed by atoms with Crippen molar-refractivity contribution >= 4 is 17.6 Å². The molecule has 0 spiro atoms. The highest BCUT2D eigenvalue weighted by Gasteiger charge is 2.40. The molecule has 0 aromatic heterocycles. The molecule has 0 fully saturated rings. The fourth-order valence-corrected chi connectivity index (χ4v) is 4.92. The third-order valence-corrected chi connectivity index (χ3v) is 7.87. The van der Waals surface area contributed by atoms with Gasteiger partial charge in [-0.25, -0.2) is 4.79 Å². The molecule has 1 aliphatic rings. The van der Waals surface area contributed by atoms with E-state index >= 15 is 0 Å². The van der Waals surface area contributed by atoms with Gasteiger partial charge in [-0.2, -0.15) is 13.2 Å². The van der Waals surface area contributed by atoms with Crippen LogP contribution in [0.15, 0.2) is 48.6 Å². The summed E-state index contributed by atoms with van der Waals surface area (Å²) in [6.45, 7) is 15.4. The number of allylic oxidation sites excluding steroid dienone is 1. The number of halogens is 3. The van der Waals surface area contributed by atoms with Crippen LogP contribution < -0.4 is 0 Å². The van der Waals surface area contributed by atoms with Gasteiger partial charge in [-0.3, -0.25) is 0 Å². The second-order valence-corrected chi connectivity index (χ2v) is 11.9. The molecular formula is C33H41F3O2. The molecule has 2 aromatic rings. The summed E-state index contributed by atoms with van der Waals surface area (Å²) in [7, 11) is 0. The number of rotatable bonds is 11. The molecule has 0 aliphatic heterocycles. The fourth-order valence-electron chi connectivity index (χ4n) is 4.92. The number of hydrogen-bond acceptors (Lipinski definition) is 2. The Bertz CT molecular complexity index is 1220. The quantitative estimate of drug-likeness (QED) is 0.166. The van der Waals surface area contributed by atoms with Crippen LogP contribution in [0.25, 0.3) is 11.6 Å². The smallest absolute Gasteiger partial charge is 0.393 e. The molecule has 2 aromatic carbocycles. The van der Waals surface area contributed by atoms with E-state index in [9.17, 15) is 18.0 Å². The minimum absolute atomic E-state index is 0.355. The maximum atomic E-state index is 13.5. The Morgan fingerprint density at radius 2 is 1.66 bits per heavy atom. The lowest BCUT2D eigenvalue weighted by Crippen LogP contribution is -2.44. The average Bonchev–Trinajstić information content (AvgIpc) is 3.20. The van der Waals surface area contributed by atoms with Crippen molar-refractivity contribution in [3.8, 4) is 0 Å². The van der Waals surface area contributed by atoms with Gasteiger partial charge >= 0.3 is 12.1 Å². The van der Waals surface area contributed by atoms with E-state index in [2.05, 4.69) is 39.5 Å². The predicted octanol–water partition coefficient (Wildman–Crippen LogP) is 9.09. The molecule has 0 saturated carbocycles. The van der Waals surface area contributed by atoms with Crippen molar-refractivity contribution in [1.29, 1.82) is 0 Å². The summed E-state index contributed by atoms with van der Waals surface area (Å²) in [5, 5.41) is 0. The van der Waals surface area contributed by atoms with Gasteiger partial charge in [0.2, 0.25) is 0 Å². The summed E-state index contributed by atoms with van der Waals surface area (Å²) < 4.78 is 46.2. The second kappa shape index (κ2) is 11.5. The lowest BCUT2D eigenvalue weighted by atomic mass is 9.72. The SMILES string of the molecule is C=C(C)C(=O)OC(C)(C)C(C)(C)Cc1ccc2c(c1)CC(c1ccc(CCCCC)cc1CC(F)(F)F)=C2. The molecule has 38 heavy (non-hydrogen) atoms. The minimum Gasteiger partial charge on any atom is -0.456 e. The van der Waals surface area contributed by atoms with Crippen LogP contribution in [-0.4, -0.2) is 17.7 Å². The van der Waals surface area contributed by atoms with E-state index in [4.69, 9.17) is 4.74 Å². The van der Waals surface area contributed by atoms with Gasteiger partial charge in [-0.15, -0.1) is 0 Å². The van der Waals surface area contributed by atoms with E-state index < -0.39 is 24.2 Å². The number of carbonyl (C=O) groups excluding carboxylic acids is 1. The zero-order valence-corrected chi connectivity index (χ0v) is 23.6. The summed E-state index contributed by atoms with van der Waals surface area (Å²) in [6, 6.07) is 11.9. The Morgan fingerprint density at radius 3 is 2.29 bits per heavy atom. The van der Waals surface area contributed by atoms with Crippen LogP contribution in [0.1, 0.15) is 94.2 Å². The van der Waals surface area contributed by atoms with Gasteiger partial charge in [0.05, 0.1) is 6.42 Å². The van der Waals surface area contributed by atoms with Crippen LogP contribution >= 0.6 is 0 Å². The summed E-state index contributed by atoms with van der Waals surface area (Å²) in [4.78, 5) is 12.2. The zero-order valence-electron chi connectivity index (χ0n) is 23.6. The molecule has 0 radical (unpaired) electrons. The first-order valence-electron chi connectivity index (χ1n) is 13.5. The molecule has 2 nitrogen and oxygen atoms in total. The van der Waals surface area contributed by atoms with E-state index in [0.717, 1.165) is 53.5 Å². The minimum atomic E-state index is -4.26. The summed E-state index contributed by atoms with van der Waals surface area (Å²) in [6.07, 6.45) is 2.05. The summed E-state index contributed by atoms with van der Waals surface area (Å²) in [5.74, 6) is -0.406. The molecule has 0 bridgehead atoms. The second-order valence-electron chi connectivity index (χ2n) is 11.9. The Morgan fingerprint density at radius 1 is 0.974 bits per heavy atom. The van der Waals surface area contributed by atoms with Gasteiger partial charge in [0.25, 0.3) is 0 Å². The van der Waals surface area contributed by atoms with Crippen LogP contribution in [0, 0.1) is 5.41 Å². The largest absolute Gasteiger partial charge is 0.456 e. The summed E-state index contributed by atoms with van der Waals surface area (Å²) >= 11 is 0. The van der Waals surface area contributed by atoms with E-state index in [-0.39, 0.29) is 5.41 Å². The van der Waals surface area contributed by atoms with E-state index in [0.29, 0.717) is 29.5 Å². The number of aryl methyl sites for hydroxylation is 1. The molecule has 0 amide bonds. The predicted molar refractivity (Wildman–Crippen MR) is 150 cm³/mol. The highest BCUT2D eigenvalue weighted by atomic mass is 19.4. The lowest BCUT2D eigenvalue weighted by Gasteiger charge is -2.41. The Balaban J connectivity index is 1.82. The van der Waals surface area contributed by atoms with Crippen molar-refractivity contribution in [1.82, 2.24) is 0 Å².